The van der Waals surface area contributed by atoms with Gasteiger partial charge in [-0.3, -0.25) is 4.79 Å². The topological polar surface area (TPSA) is 86.7 Å². The first-order chi connectivity index (χ1) is 9.40. The molecule has 2 heterocycles. The lowest BCUT2D eigenvalue weighted by Gasteiger charge is -2.31. The van der Waals surface area contributed by atoms with Crippen LogP contribution in [0.3, 0.4) is 0 Å². The van der Waals surface area contributed by atoms with Crippen LogP contribution in [0.15, 0.2) is 15.9 Å². The second-order valence-corrected chi connectivity index (χ2v) is 8.75. The quantitative estimate of drug-likeness (QED) is 0.812. The number of nitrogens with one attached hydrogen (secondary N) is 1. The molecular formula is C11H15BrN2O4S2. The molecule has 2 N–H and O–H groups in total. The first kappa shape index (κ1) is 15.9. The van der Waals surface area contributed by atoms with E-state index >= 15 is 0 Å². The van der Waals surface area contributed by atoms with E-state index in [-0.39, 0.29) is 13.1 Å². The number of halogens is 1. The van der Waals surface area contributed by atoms with Crippen LogP contribution in [0.4, 0.5) is 0 Å². The van der Waals surface area contributed by atoms with Crippen molar-refractivity contribution in [1.29, 1.82) is 0 Å². The Morgan fingerprint density at radius 2 is 2.25 bits per heavy atom. The zero-order valence-corrected chi connectivity index (χ0v) is 13.8. The highest BCUT2D eigenvalue weighted by Gasteiger charge is 2.36. The molecule has 0 bridgehead atoms. The van der Waals surface area contributed by atoms with Crippen LogP contribution in [0.25, 0.3) is 0 Å². The van der Waals surface area contributed by atoms with Crippen LogP contribution in [0.1, 0.15) is 24.1 Å². The van der Waals surface area contributed by atoms with Crippen molar-refractivity contribution >= 4 is 43.4 Å². The summed E-state index contributed by atoms with van der Waals surface area (Å²) >= 11 is 4.75. The van der Waals surface area contributed by atoms with Crippen molar-refractivity contribution in [2.75, 3.05) is 6.54 Å². The van der Waals surface area contributed by atoms with E-state index in [1.165, 1.54) is 11.3 Å². The van der Waals surface area contributed by atoms with Gasteiger partial charge in [-0.2, -0.15) is 17.4 Å². The van der Waals surface area contributed by atoms with Crippen molar-refractivity contribution in [1.82, 2.24) is 9.03 Å². The number of carboxylic acid groups (broad SMARTS) is 1. The maximum atomic E-state index is 12.2. The van der Waals surface area contributed by atoms with Gasteiger partial charge in [-0.05, 0) is 47.3 Å². The normalized spacial score (nSPS) is 20.9. The Labute approximate surface area is 130 Å². The summed E-state index contributed by atoms with van der Waals surface area (Å²) < 4.78 is 28.9. The minimum atomic E-state index is -3.77. The molecule has 6 nitrogen and oxygen atoms in total. The summed E-state index contributed by atoms with van der Waals surface area (Å²) in [5.74, 6) is -1.09. The van der Waals surface area contributed by atoms with Gasteiger partial charge in [0.2, 0.25) is 0 Å². The van der Waals surface area contributed by atoms with E-state index in [1.54, 1.807) is 0 Å². The van der Waals surface area contributed by atoms with Crippen LogP contribution in [-0.2, 0) is 21.5 Å². The van der Waals surface area contributed by atoms with E-state index in [2.05, 4.69) is 20.7 Å². The van der Waals surface area contributed by atoms with Gasteiger partial charge in [-0.1, -0.05) is 0 Å². The zero-order valence-electron chi connectivity index (χ0n) is 10.6. The largest absolute Gasteiger partial charge is 0.480 e. The maximum absolute atomic E-state index is 12.2. The molecular weight excluding hydrogens is 368 g/mol. The standard InChI is InChI=1S/C11H15BrN2O4S2/c12-10-5-4-8(19-10)7-13-20(17,18)14-6-2-1-3-9(14)11(15)16/h4-5,9,13H,1-3,6-7H2,(H,15,16). The molecule has 0 aliphatic carbocycles. The Bertz CT molecular complexity index is 587. The number of hydrogen-bond acceptors (Lipinski definition) is 4. The highest BCUT2D eigenvalue weighted by Crippen LogP contribution is 2.23. The molecule has 112 valence electrons. The molecule has 0 amide bonds. The molecule has 1 atom stereocenters. The van der Waals surface area contributed by atoms with Gasteiger partial charge < -0.3 is 5.11 Å². The molecule has 1 aromatic heterocycles. The molecule has 1 saturated heterocycles. The van der Waals surface area contributed by atoms with Gasteiger partial charge in [-0.25, -0.2) is 0 Å². The minimum absolute atomic E-state index is 0.168. The number of carboxylic acids is 1. The Morgan fingerprint density at radius 3 is 2.85 bits per heavy atom. The van der Waals surface area contributed by atoms with Crippen molar-refractivity contribution < 1.29 is 18.3 Å². The molecule has 2 rings (SSSR count). The molecule has 0 spiro atoms. The highest BCUT2D eigenvalue weighted by molar-refractivity contribution is 9.11. The van der Waals surface area contributed by atoms with Crippen molar-refractivity contribution in [2.24, 2.45) is 0 Å². The summed E-state index contributed by atoms with van der Waals surface area (Å²) in [6.07, 6.45) is 1.79. The summed E-state index contributed by atoms with van der Waals surface area (Å²) in [6.45, 7) is 0.419. The van der Waals surface area contributed by atoms with Gasteiger partial charge in [0.15, 0.2) is 0 Å². The first-order valence-corrected chi connectivity index (χ1v) is 9.18. The highest BCUT2D eigenvalue weighted by atomic mass is 79.9. The number of aliphatic carboxylic acids is 1. The SMILES string of the molecule is O=C(O)C1CCCCN1S(=O)(=O)NCc1ccc(Br)s1. The van der Waals surface area contributed by atoms with Gasteiger partial charge in [0.05, 0.1) is 3.79 Å². The second-order valence-electron chi connectivity index (χ2n) is 4.49. The van der Waals surface area contributed by atoms with E-state index in [4.69, 9.17) is 5.11 Å². The third-order valence-corrected chi connectivity index (χ3v) is 6.29. The Hall–Kier alpha value is -0.480. The molecule has 9 heteroatoms. The molecule has 20 heavy (non-hydrogen) atoms. The van der Waals surface area contributed by atoms with Gasteiger partial charge in [0, 0.05) is 18.0 Å². The summed E-state index contributed by atoms with van der Waals surface area (Å²) in [7, 11) is -3.77. The van der Waals surface area contributed by atoms with Gasteiger partial charge in [0.1, 0.15) is 6.04 Å². The predicted molar refractivity (Wildman–Crippen MR) is 79.8 cm³/mol. The van der Waals surface area contributed by atoms with Crippen molar-refractivity contribution in [3.05, 3.63) is 20.8 Å². The number of rotatable bonds is 5. The van der Waals surface area contributed by atoms with Crippen molar-refractivity contribution in [3.8, 4) is 0 Å². The lowest BCUT2D eigenvalue weighted by molar-refractivity contribution is -0.142. The third-order valence-electron chi connectivity index (χ3n) is 3.11. The lowest BCUT2D eigenvalue weighted by Crippen LogP contribution is -2.51. The first-order valence-electron chi connectivity index (χ1n) is 6.13. The summed E-state index contributed by atoms with van der Waals surface area (Å²) in [4.78, 5) is 12.0. The van der Waals surface area contributed by atoms with E-state index in [1.807, 2.05) is 12.1 Å². The van der Waals surface area contributed by atoms with E-state index in [9.17, 15) is 13.2 Å². The van der Waals surface area contributed by atoms with Crippen LogP contribution in [-0.4, -0.2) is 36.4 Å². The van der Waals surface area contributed by atoms with E-state index in [0.717, 1.165) is 19.4 Å². The van der Waals surface area contributed by atoms with Crippen LogP contribution in [0.5, 0.6) is 0 Å². The van der Waals surface area contributed by atoms with Gasteiger partial charge in [0.25, 0.3) is 10.2 Å². The smallest absolute Gasteiger partial charge is 0.322 e. The number of thiophene rings is 1. The molecule has 0 aromatic carbocycles. The van der Waals surface area contributed by atoms with E-state index in [0.29, 0.717) is 12.8 Å². The molecule has 0 radical (unpaired) electrons. The fraction of sp³-hybridized carbons (Fsp3) is 0.545. The van der Waals surface area contributed by atoms with Crippen LogP contribution in [0, 0.1) is 0 Å². The number of carbonyl (C=O) groups is 1. The maximum Gasteiger partial charge on any atom is 0.322 e. The molecule has 1 aliphatic heterocycles. The minimum Gasteiger partial charge on any atom is -0.480 e. The summed E-state index contributed by atoms with van der Waals surface area (Å²) in [5.41, 5.74) is 0. The van der Waals surface area contributed by atoms with Crippen LogP contribution < -0.4 is 4.72 Å². The Balaban J connectivity index is 2.06. The number of nitrogens with zero attached hydrogens (tertiary/aromatic N) is 1. The predicted octanol–water partition coefficient (Wildman–Crippen LogP) is 1.78. The monoisotopic (exact) mass is 382 g/mol. The van der Waals surface area contributed by atoms with E-state index < -0.39 is 22.2 Å². The number of hydrogen-bond donors (Lipinski definition) is 2. The van der Waals surface area contributed by atoms with Gasteiger partial charge >= 0.3 is 5.97 Å². The second kappa shape index (κ2) is 6.52. The zero-order chi connectivity index (χ0) is 14.8. The average molecular weight is 383 g/mol. The van der Waals surface area contributed by atoms with Gasteiger partial charge in [-0.15, -0.1) is 11.3 Å². The average Bonchev–Trinajstić information content (AvgIpc) is 2.82. The Kier molecular flexibility index (Phi) is 5.19. The lowest BCUT2D eigenvalue weighted by atomic mass is 10.1. The fourth-order valence-electron chi connectivity index (χ4n) is 2.13. The van der Waals surface area contributed by atoms with Crippen molar-refractivity contribution in [2.45, 2.75) is 31.8 Å². The van der Waals surface area contributed by atoms with Crippen molar-refractivity contribution in [3.63, 3.8) is 0 Å². The van der Waals surface area contributed by atoms with Crippen LogP contribution in [0.2, 0.25) is 0 Å². The summed E-state index contributed by atoms with van der Waals surface area (Å²) in [5, 5.41) is 9.12. The summed E-state index contributed by atoms with van der Waals surface area (Å²) in [6, 6.07) is 2.70. The fourth-order valence-corrected chi connectivity index (χ4v) is 5.05. The molecule has 1 aliphatic rings. The molecule has 1 fully saturated rings. The molecule has 1 aromatic rings. The molecule has 0 saturated carbocycles. The number of piperidine rings is 1. The van der Waals surface area contributed by atoms with Crippen LogP contribution >= 0.6 is 27.3 Å². The molecule has 1 unspecified atom stereocenters. The third kappa shape index (κ3) is 3.79. The Morgan fingerprint density at radius 1 is 1.50 bits per heavy atom.